The summed E-state index contributed by atoms with van der Waals surface area (Å²) in [6, 6.07) is 0. The van der Waals surface area contributed by atoms with Crippen molar-refractivity contribution in [1.82, 2.24) is 5.32 Å². The van der Waals surface area contributed by atoms with Gasteiger partial charge in [-0.1, -0.05) is 39.7 Å². The Morgan fingerprint density at radius 3 is 2.75 bits per heavy atom. The SMILES string of the molecule is C=C1C[C@]23C[C@H]1CC[C@H]2C1=C[C@@H](O)[C@H](O)[C@@](C)(C(=O)I)C1[C@@H]3C(=O)NCCBr. The molecule has 0 heterocycles. The maximum absolute atomic E-state index is 13.5. The molecule has 1 amide bonds. The second kappa shape index (κ2) is 7.17. The molecule has 4 aliphatic carbocycles. The van der Waals surface area contributed by atoms with E-state index in [9.17, 15) is 19.8 Å². The van der Waals surface area contributed by atoms with Gasteiger partial charge in [-0.15, -0.1) is 0 Å². The van der Waals surface area contributed by atoms with E-state index >= 15 is 0 Å². The molecule has 0 saturated heterocycles. The fourth-order valence-corrected chi connectivity index (χ4v) is 7.69. The number of rotatable bonds is 4. The van der Waals surface area contributed by atoms with E-state index in [0.717, 1.165) is 31.3 Å². The van der Waals surface area contributed by atoms with Crippen molar-refractivity contribution in [2.75, 3.05) is 11.9 Å². The molecule has 4 aliphatic rings. The van der Waals surface area contributed by atoms with Crippen LogP contribution in [0.5, 0.6) is 0 Å². The first-order chi connectivity index (χ1) is 13.2. The molecular formula is C21H27BrINO4. The average molecular weight is 564 g/mol. The van der Waals surface area contributed by atoms with Gasteiger partial charge in [0.05, 0.1) is 23.5 Å². The van der Waals surface area contributed by atoms with E-state index in [-0.39, 0.29) is 26.9 Å². The minimum absolute atomic E-state index is 0.0411. The van der Waals surface area contributed by atoms with Crippen molar-refractivity contribution in [3.8, 4) is 0 Å². The lowest BCUT2D eigenvalue weighted by molar-refractivity contribution is -0.144. The van der Waals surface area contributed by atoms with Crippen molar-refractivity contribution in [3.63, 3.8) is 0 Å². The number of nitrogens with one attached hydrogen (secondary N) is 1. The highest BCUT2D eigenvalue weighted by Crippen LogP contribution is 2.72. The molecule has 1 unspecified atom stereocenters. The molecule has 28 heavy (non-hydrogen) atoms. The van der Waals surface area contributed by atoms with E-state index in [1.807, 2.05) is 0 Å². The molecule has 2 bridgehead atoms. The first-order valence-electron chi connectivity index (χ1n) is 9.97. The normalized spacial score (nSPS) is 46.6. The molecule has 0 aromatic heterocycles. The lowest BCUT2D eigenvalue weighted by Gasteiger charge is -2.45. The van der Waals surface area contributed by atoms with Crippen LogP contribution in [0.2, 0.25) is 0 Å². The van der Waals surface area contributed by atoms with Crippen LogP contribution >= 0.6 is 38.5 Å². The summed E-state index contributed by atoms with van der Waals surface area (Å²) in [5.74, 6) is -0.235. The summed E-state index contributed by atoms with van der Waals surface area (Å²) in [6.07, 6.45) is 3.14. The number of aliphatic hydroxyl groups excluding tert-OH is 2. The Balaban J connectivity index is 1.89. The number of fused-ring (bicyclic) bond motifs is 3. The number of halogens is 2. The Morgan fingerprint density at radius 1 is 1.39 bits per heavy atom. The Bertz CT molecular complexity index is 770. The highest BCUT2D eigenvalue weighted by Gasteiger charge is 2.70. The van der Waals surface area contributed by atoms with Gasteiger partial charge in [0.25, 0.3) is 0 Å². The topological polar surface area (TPSA) is 86.6 Å². The third-order valence-electron chi connectivity index (χ3n) is 8.02. The van der Waals surface area contributed by atoms with Crippen LogP contribution in [-0.4, -0.2) is 44.0 Å². The molecule has 3 N–H and O–H groups in total. The van der Waals surface area contributed by atoms with E-state index in [1.54, 1.807) is 35.6 Å². The fraction of sp³-hybridized carbons (Fsp3) is 0.714. The minimum atomic E-state index is -1.21. The molecular weight excluding hydrogens is 537 g/mol. The third-order valence-corrected chi connectivity index (χ3v) is 9.58. The predicted octanol–water partition coefficient (Wildman–Crippen LogP) is 2.74. The Labute approximate surface area is 187 Å². The van der Waals surface area contributed by atoms with Crippen molar-refractivity contribution in [1.29, 1.82) is 0 Å². The maximum atomic E-state index is 13.5. The van der Waals surface area contributed by atoms with Crippen LogP contribution in [0.3, 0.4) is 0 Å². The molecule has 5 nitrogen and oxygen atoms in total. The Hall–Kier alpha value is -0.250. The largest absolute Gasteiger partial charge is 0.389 e. The molecule has 0 aliphatic heterocycles. The number of carbonyl (C=O) groups is 2. The molecule has 0 aromatic carbocycles. The van der Waals surface area contributed by atoms with Gasteiger partial charge in [-0.05, 0) is 49.9 Å². The minimum Gasteiger partial charge on any atom is -0.389 e. The molecule has 3 saturated carbocycles. The average Bonchev–Trinajstić information content (AvgIpc) is 3.07. The first-order valence-corrected chi connectivity index (χ1v) is 12.2. The molecule has 1 spiro atoms. The summed E-state index contributed by atoms with van der Waals surface area (Å²) in [7, 11) is 0. The molecule has 3 fully saturated rings. The zero-order chi connectivity index (χ0) is 20.4. The van der Waals surface area contributed by atoms with Crippen LogP contribution in [0.4, 0.5) is 0 Å². The quantitative estimate of drug-likeness (QED) is 0.212. The maximum Gasteiger partial charge on any atom is 0.224 e. The van der Waals surface area contributed by atoms with Crippen LogP contribution in [0.25, 0.3) is 0 Å². The van der Waals surface area contributed by atoms with Gasteiger partial charge in [0.15, 0.2) is 0 Å². The van der Waals surface area contributed by atoms with Crippen LogP contribution in [-0.2, 0) is 9.59 Å². The highest BCUT2D eigenvalue weighted by molar-refractivity contribution is 14.1. The van der Waals surface area contributed by atoms with Gasteiger partial charge in [-0.25, -0.2) is 0 Å². The molecule has 7 heteroatoms. The second-order valence-electron chi connectivity index (χ2n) is 9.19. The molecule has 0 aromatic rings. The summed E-state index contributed by atoms with van der Waals surface area (Å²) in [4.78, 5) is 26.3. The standard InChI is InChI=1S/C21H27BrINO4/c1-10-8-21-9-11(10)3-4-13(21)12-7-14(25)17(26)20(2,19(23)28)15(12)16(21)18(27)24-6-5-22/h7,11,13-17,25-26H,1,3-6,8-9H2,2H3,(H,24,27)/t11-,13+,14-,15?,16-,17+,20+,21+/m1/s1. The summed E-state index contributed by atoms with van der Waals surface area (Å²) in [6.45, 7) is 6.55. The molecule has 0 radical (unpaired) electrons. The number of carbonyl (C=O) groups excluding carboxylic acids is 2. The van der Waals surface area contributed by atoms with E-state index < -0.39 is 23.5 Å². The molecule has 4 rings (SSSR count). The van der Waals surface area contributed by atoms with Gasteiger partial charge < -0.3 is 15.5 Å². The third kappa shape index (κ3) is 2.68. The van der Waals surface area contributed by atoms with Crippen molar-refractivity contribution in [2.24, 2.45) is 34.5 Å². The lowest BCUT2D eigenvalue weighted by atomic mass is 9.60. The Kier molecular flexibility index (Phi) is 5.37. The fourth-order valence-electron chi connectivity index (χ4n) is 6.83. The van der Waals surface area contributed by atoms with Crippen molar-refractivity contribution in [3.05, 3.63) is 23.8 Å². The summed E-state index contributed by atoms with van der Waals surface area (Å²) in [5.41, 5.74) is 0.775. The summed E-state index contributed by atoms with van der Waals surface area (Å²) >= 11 is 5.10. The predicted molar refractivity (Wildman–Crippen MR) is 118 cm³/mol. The van der Waals surface area contributed by atoms with Crippen molar-refractivity contribution < 1.29 is 19.8 Å². The highest BCUT2D eigenvalue weighted by atomic mass is 127. The van der Waals surface area contributed by atoms with Gasteiger partial charge >= 0.3 is 0 Å². The zero-order valence-corrected chi connectivity index (χ0v) is 19.7. The number of hydrogen-bond donors (Lipinski definition) is 3. The zero-order valence-electron chi connectivity index (χ0n) is 16.0. The van der Waals surface area contributed by atoms with Crippen LogP contribution in [0.15, 0.2) is 23.8 Å². The summed E-state index contributed by atoms with van der Waals surface area (Å²) in [5, 5.41) is 25.1. The van der Waals surface area contributed by atoms with Gasteiger partial charge in [0, 0.05) is 40.4 Å². The second-order valence-corrected chi connectivity index (χ2v) is 11.0. The first kappa shape index (κ1) is 21.0. The monoisotopic (exact) mass is 563 g/mol. The summed E-state index contributed by atoms with van der Waals surface area (Å²) < 4.78 is -0.200. The number of alkyl halides is 1. The van der Waals surface area contributed by atoms with Gasteiger partial charge in [0.1, 0.15) is 0 Å². The van der Waals surface area contributed by atoms with Crippen LogP contribution < -0.4 is 5.32 Å². The van der Waals surface area contributed by atoms with Gasteiger partial charge in [0.2, 0.25) is 9.70 Å². The number of hydrogen-bond acceptors (Lipinski definition) is 4. The van der Waals surface area contributed by atoms with E-state index in [1.165, 1.54) is 5.57 Å². The molecule has 8 atom stereocenters. The smallest absolute Gasteiger partial charge is 0.224 e. The Morgan fingerprint density at radius 2 is 2.11 bits per heavy atom. The molecule has 154 valence electrons. The van der Waals surface area contributed by atoms with Crippen molar-refractivity contribution >= 4 is 48.2 Å². The van der Waals surface area contributed by atoms with Gasteiger partial charge in [-0.3, -0.25) is 9.59 Å². The van der Waals surface area contributed by atoms with Crippen molar-refractivity contribution in [2.45, 2.75) is 44.8 Å². The van der Waals surface area contributed by atoms with Gasteiger partial charge in [-0.2, -0.15) is 0 Å². The van der Waals surface area contributed by atoms with Crippen LogP contribution in [0, 0.1) is 34.5 Å². The number of allylic oxidation sites excluding steroid dienone is 2. The van der Waals surface area contributed by atoms with Crippen LogP contribution in [0.1, 0.15) is 32.6 Å². The van der Waals surface area contributed by atoms with E-state index in [2.05, 4.69) is 27.8 Å². The van der Waals surface area contributed by atoms with E-state index in [0.29, 0.717) is 17.8 Å². The van der Waals surface area contributed by atoms with E-state index in [4.69, 9.17) is 0 Å². The number of aliphatic hydroxyl groups is 2. The lowest BCUT2D eigenvalue weighted by Crippen LogP contribution is -2.56. The number of amides is 1.